The van der Waals surface area contributed by atoms with Crippen LogP contribution in [0.25, 0.3) is 0 Å². The molecular weight excluding hydrogens is 427 g/mol. The van der Waals surface area contributed by atoms with Crippen molar-refractivity contribution in [3.63, 3.8) is 0 Å². The van der Waals surface area contributed by atoms with E-state index in [0.717, 1.165) is 25.8 Å². The summed E-state index contributed by atoms with van der Waals surface area (Å²) < 4.78 is 7.89. The van der Waals surface area contributed by atoms with E-state index in [1.165, 1.54) is 6.33 Å². The van der Waals surface area contributed by atoms with E-state index in [2.05, 4.69) is 32.9 Å². The van der Waals surface area contributed by atoms with Crippen LogP contribution < -0.4 is 19.3 Å². The summed E-state index contributed by atoms with van der Waals surface area (Å²) in [6, 6.07) is 9.90. The molecule has 0 aliphatic heterocycles. The first-order chi connectivity index (χ1) is 14.1. The first kappa shape index (κ1) is 20.6. The van der Waals surface area contributed by atoms with Crippen LogP contribution in [-0.2, 0) is 0 Å². The number of benzene rings is 1. The normalized spacial score (nSPS) is 11.0. The second kappa shape index (κ2) is 9.88. The molecule has 0 aliphatic rings. The molecule has 0 saturated carbocycles. The van der Waals surface area contributed by atoms with E-state index in [0.29, 0.717) is 17.1 Å². The van der Waals surface area contributed by atoms with Crippen LogP contribution in [0.15, 0.2) is 55.0 Å². The van der Waals surface area contributed by atoms with Gasteiger partial charge in [0.15, 0.2) is 0 Å². The topological polar surface area (TPSA) is 94.2 Å². The minimum absolute atomic E-state index is 0.0522. The molecule has 0 atom stereocenters. The maximum absolute atomic E-state index is 8.75. The zero-order valence-electron chi connectivity index (χ0n) is 16.1. The van der Waals surface area contributed by atoms with Crippen LogP contribution in [0.1, 0.15) is 17.0 Å². The van der Waals surface area contributed by atoms with Gasteiger partial charge in [-0.15, -0.1) is 0 Å². The molecule has 2 aromatic heterocycles. The van der Waals surface area contributed by atoms with Crippen molar-refractivity contribution in [2.45, 2.75) is 13.8 Å². The van der Waals surface area contributed by atoms with Gasteiger partial charge in [0.1, 0.15) is 0 Å². The number of pyridine rings is 1. The van der Waals surface area contributed by atoms with E-state index in [1.807, 2.05) is 38.1 Å². The van der Waals surface area contributed by atoms with Crippen LogP contribution in [0.4, 0.5) is 5.69 Å². The number of aromatic nitrogens is 3. The molecule has 1 radical (unpaired) electrons. The summed E-state index contributed by atoms with van der Waals surface area (Å²) in [4.78, 5) is 12.7. The molecule has 29 heavy (non-hydrogen) atoms. The van der Waals surface area contributed by atoms with Crippen LogP contribution in [0.3, 0.4) is 0 Å². The van der Waals surface area contributed by atoms with Crippen LogP contribution in [0, 0.1) is 25.7 Å². The van der Waals surface area contributed by atoms with Gasteiger partial charge in [-0.1, -0.05) is 0 Å². The molecule has 0 bridgehead atoms. The quantitative estimate of drug-likeness (QED) is 0.454. The van der Waals surface area contributed by atoms with Gasteiger partial charge in [0, 0.05) is 0 Å². The fourth-order valence-electron chi connectivity index (χ4n) is 2.38. The van der Waals surface area contributed by atoms with Gasteiger partial charge >= 0.3 is 177 Å². The second-order valence-corrected chi connectivity index (χ2v) is 8.55. The Labute approximate surface area is 176 Å². The third-order valence-corrected chi connectivity index (χ3v) is 6.18. The number of aliphatic hydroxyl groups excluding tert-OH is 1. The van der Waals surface area contributed by atoms with Crippen molar-refractivity contribution in [1.82, 2.24) is 15.0 Å². The van der Waals surface area contributed by atoms with Crippen molar-refractivity contribution >= 4 is 30.3 Å². The SMILES string of the molecule is Cc1ccc(Oc2ccc([As]c3ncnc(C#C/C=C/CO)c3N)cc2C)cn1. The van der Waals surface area contributed by atoms with Crippen LogP contribution >= 0.6 is 0 Å². The Morgan fingerprint density at radius 2 is 2.03 bits per heavy atom. The Bertz CT molecular complexity index is 1090. The number of allylic oxidation sites excluding steroid dienone is 1. The van der Waals surface area contributed by atoms with Crippen LogP contribution in [0.5, 0.6) is 11.5 Å². The van der Waals surface area contributed by atoms with Gasteiger partial charge in [-0.2, -0.15) is 0 Å². The van der Waals surface area contributed by atoms with Crippen molar-refractivity contribution < 1.29 is 9.84 Å². The Balaban J connectivity index is 1.77. The molecule has 0 saturated heterocycles. The van der Waals surface area contributed by atoms with E-state index in [-0.39, 0.29) is 6.61 Å². The fourth-order valence-corrected chi connectivity index (χ4v) is 4.45. The predicted octanol–water partition coefficient (Wildman–Crippen LogP) is 1.42. The third-order valence-electron chi connectivity index (χ3n) is 3.87. The monoisotopic (exact) mass is 447 g/mol. The second-order valence-electron chi connectivity index (χ2n) is 6.11. The molecule has 3 aromatic rings. The van der Waals surface area contributed by atoms with Gasteiger partial charge < -0.3 is 0 Å². The number of nitrogens with two attached hydrogens (primary N) is 1. The Morgan fingerprint density at radius 3 is 2.76 bits per heavy atom. The van der Waals surface area contributed by atoms with Crippen molar-refractivity contribution in [1.29, 1.82) is 0 Å². The van der Waals surface area contributed by atoms with Crippen LogP contribution in [0.2, 0.25) is 0 Å². The summed E-state index contributed by atoms with van der Waals surface area (Å²) in [7, 11) is 0. The Hall–Kier alpha value is -3.13. The molecule has 3 N–H and O–H groups in total. The number of aryl methyl sites for hydroxylation is 2. The summed E-state index contributed by atoms with van der Waals surface area (Å²) in [5.74, 6) is 7.19. The average molecular weight is 447 g/mol. The summed E-state index contributed by atoms with van der Waals surface area (Å²) in [5, 5.41) is 8.75. The fraction of sp³-hybridized carbons (Fsp3) is 0.136. The molecule has 0 fully saturated rings. The van der Waals surface area contributed by atoms with Crippen molar-refractivity contribution in [2.24, 2.45) is 0 Å². The zero-order chi connectivity index (χ0) is 20.6. The number of nitrogens with zero attached hydrogens (tertiary/aromatic N) is 3. The molecular formula is C22H20AsN4O2. The molecule has 2 heterocycles. The van der Waals surface area contributed by atoms with Gasteiger partial charge in [-0.05, 0) is 0 Å². The van der Waals surface area contributed by atoms with Crippen molar-refractivity contribution in [3.05, 3.63) is 72.0 Å². The van der Waals surface area contributed by atoms with Crippen molar-refractivity contribution in [3.8, 4) is 23.3 Å². The average Bonchev–Trinajstić information content (AvgIpc) is 2.71. The van der Waals surface area contributed by atoms with Gasteiger partial charge in [0.05, 0.1) is 0 Å². The molecule has 7 heteroatoms. The first-order valence-corrected chi connectivity index (χ1v) is 10.8. The van der Waals surface area contributed by atoms with Crippen LogP contribution in [-0.4, -0.2) is 42.4 Å². The third kappa shape index (κ3) is 5.68. The molecule has 6 nitrogen and oxygen atoms in total. The van der Waals surface area contributed by atoms with Gasteiger partial charge in [0.2, 0.25) is 0 Å². The van der Waals surface area contributed by atoms with E-state index < -0.39 is 15.8 Å². The first-order valence-electron chi connectivity index (χ1n) is 8.87. The zero-order valence-corrected chi connectivity index (χ0v) is 18.0. The molecule has 1 aromatic carbocycles. The number of rotatable bonds is 5. The molecule has 3 rings (SSSR count). The summed E-state index contributed by atoms with van der Waals surface area (Å²) in [6.07, 6.45) is 6.32. The van der Waals surface area contributed by atoms with E-state index >= 15 is 0 Å². The number of aliphatic hydroxyl groups is 1. The van der Waals surface area contributed by atoms with Gasteiger partial charge in [0.25, 0.3) is 0 Å². The predicted molar refractivity (Wildman–Crippen MR) is 115 cm³/mol. The summed E-state index contributed by atoms with van der Waals surface area (Å²) >= 11 is -0.426. The van der Waals surface area contributed by atoms with Gasteiger partial charge in [-0.25, -0.2) is 0 Å². The minimum atomic E-state index is -0.426. The summed E-state index contributed by atoms with van der Waals surface area (Å²) in [6.45, 7) is 3.90. The molecule has 145 valence electrons. The van der Waals surface area contributed by atoms with Gasteiger partial charge in [-0.3, -0.25) is 0 Å². The number of ether oxygens (including phenoxy) is 1. The van der Waals surface area contributed by atoms with Crippen molar-refractivity contribution in [2.75, 3.05) is 12.3 Å². The Kier molecular flexibility index (Phi) is 7.02. The number of nitrogen functional groups attached to an aromatic ring is 1. The molecule has 0 spiro atoms. The number of anilines is 1. The number of hydrogen-bond donors (Lipinski definition) is 2. The number of hydrogen-bond acceptors (Lipinski definition) is 6. The standard InChI is InChI=1S/C22H20AsN4O2/c1-15-12-17(8-10-20(15)29-18-9-7-16(2)25-13-18)23-22-21(24)19(26-14-27-22)6-4-3-5-11-28/h3,5,7-10,12-14,28H,11,24H2,1-2H3/b5-3+. The van der Waals surface area contributed by atoms with E-state index in [1.54, 1.807) is 18.3 Å². The Morgan fingerprint density at radius 1 is 1.17 bits per heavy atom. The summed E-state index contributed by atoms with van der Waals surface area (Å²) in [5.41, 5.74) is 9.19. The molecule has 0 amide bonds. The van der Waals surface area contributed by atoms with E-state index in [9.17, 15) is 0 Å². The molecule has 0 aliphatic carbocycles. The maximum atomic E-state index is 8.75. The van der Waals surface area contributed by atoms with E-state index in [4.69, 9.17) is 15.6 Å². The molecule has 0 unspecified atom stereocenters.